The molecule has 37 heavy (non-hydrogen) atoms. The van der Waals surface area contributed by atoms with Gasteiger partial charge in [-0.05, 0) is 12.5 Å². The molecule has 1 fully saturated rings. The molecule has 204 valence electrons. The number of nitro benzene ring substituents is 1. The number of aliphatic hydroxyl groups is 1. The van der Waals surface area contributed by atoms with Crippen LogP contribution < -0.4 is 15.7 Å². The maximum atomic E-state index is 13.1. The highest BCUT2D eigenvalue weighted by Gasteiger charge is 2.33. The first-order valence-electron chi connectivity index (χ1n) is 10.6. The average molecular weight is 552 g/mol. The summed E-state index contributed by atoms with van der Waals surface area (Å²) in [5.74, 6) is -3.60. The van der Waals surface area contributed by atoms with Gasteiger partial charge in [-0.15, -0.1) is 0 Å². The number of nitrogens with zero attached hydrogens (tertiary/aromatic N) is 3. The molecule has 1 aromatic carbocycles. The lowest BCUT2D eigenvalue weighted by molar-refractivity contribution is -0.661. The standard InChI is InChI=1S/C17H22N6O6S.C2HF3O2/c24-9-1-2-19-13-11-14(23(26)27)12(16(25)22-7-5-18-6-8-22)10-15(13)30(28,29)17-20-3-4-21-17;3-2(4,5)1(6)7/h3-4,10-11,18-19,24H,1-2,5-9H2,(H,20,21);(H,6,7). The third-order valence-electron chi connectivity index (χ3n) is 4.92. The van der Waals surface area contributed by atoms with E-state index in [1.165, 1.54) is 17.3 Å². The molecule has 0 radical (unpaired) electrons. The van der Waals surface area contributed by atoms with Gasteiger partial charge in [0.1, 0.15) is 11.5 Å². The number of alkyl halides is 3. The third kappa shape index (κ3) is 7.61. The summed E-state index contributed by atoms with van der Waals surface area (Å²) in [6.07, 6.45) is -2.28. The lowest BCUT2D eigenvalue weighted by Gasteiger charge is -2.25. The fourth-order valence-corrected chi connectivity index (χ4v) is 4.50. The molecule has 2 heterocycles. The Bertz CT molecular complexity index is 1220. The van der Waals surface area contributed by atoms with Crippen molar-refractivity contribution >= 4 is 33.1 Å². The first-order valence-corrected chi connectivity index (χ1v) is 12.1. The molecule has 5 N–H and O–H groups in total. The molecule has 14 nitrogen and oxygen atoms in total. The summed E-state index contributed by atoms with van der Waals surface area (Å²) in [6.45, 7) is 2.19. The maximum absolute atomic E-state index is 13.1. The first kappa shape index (κ1) is 29.5. The van der Waals surface area contributed by atoms with Crippen LogP contribution >= 0.6 is 0 Å². The number of nitro groups is 1. The van der Waals surface area contributed by atoms with Gasteiger partial charge in [-0.25, -0.2) is 13.4 Å². The van der Waals surface area contributed by atoms with Gasteiger partial charge in [0, 0.05) is 31.6 Å². The zero-order chi connectivity index (χ0) is 27.8. The van der Waals surface area contributed by atoms with Crippen molar-refractivity contribution in [3.63, 3.8) is 0 Å². The average Bonchev–Trinajstić information content (AvgIpc) is 3.40. The number of aromatic amines is 1. The molecule has 1 aliphatic rings. The number of piperazine rings is 1. The van der Waals surface area contributed by atoms with Crippen molar-refractivity contribution in [3.8, 4) is 0 Å². The van der Waals surface area contributed by atoms with Gasteiger partial charge < -0.3 is 35.5 Å². The number of quaternary nitrogens is 1. The van der Waals surface area contributed by atoms with Crippen LogP contribution in [0.1, 0.15) is 16.8 Å². The number of imidazole rings is 1. The lowest BCUT2D eigenvalue weighted by atomic mass is 10.1. The number of H-pyrrole nitrogens is 1. The lowest BCUT2D eigenvalue weighted by Crippen LogP contribution is -2.89. The van der Waals surface area contributed by atoms with E-state index in [-0.39, 0.29) is 34.5 Å². The molecule has 0 spiro atoms. The normalized spacial score (nSPS) is 13.9. The van der Waals surface area contributed by atoms with E-state index in [0.29, 0.717) is 32.6 Å². The molecule has 0 bridgehead atoms. The minimum Gasteiger partial charge on any atom is -0.542 e. The van der Waals surface area contributed by atoms with Crippen LogP contribution in [0.15, 0.2) is 34.6 Å². The van der Waals surface area contributed by atoms with Gasteiger partial charge in [0.15, 0.2) is 0 Å². The second-order valence-corrected chi connectivity index (χ2v) is 9.30. The van der Waals surface area contributed by atoms with E-state index in [2.05, 4.69) is 15.3 Å². The number of nitrogens with two attached hydrogens (primary N) is 1. The maximum Gasteiger partial charge on any atom is 0.430 e. The van der Waals surface area contributed by atoms with E-state index in [0.717, 1.165) is 12.1 Å². The number of carboxylic acids is 1. The molecule has 1 aliphatic heterocycles. The Morgan fingerprint density at radius 1 is 1.27 bits per heavy atom. The number of aromatic nitrogens is 2. The number of hydrogen-bond acceptors (Lipinski definition) is 10. The number of hydrogen-bond donors (Lipinski definition) is 4. The van der Waals surface area contributed by atoms with E-state index in [1.807, 2.05) is 5.32 Å². The molecular formula is C19H23F3N6O8S. The van der Waals surface area contributed by atoms with Crippen LogP contribution in [0.5, 0.6) is 0 Å². The third-order valence-corrected chi connectivity index (χ3v) is 6.57. The highest BCUT2D eigenvalue weighted by atomic mass is 32.2. The number of rotatable bonds is 8. The zero-order valence-corrected chi connectivity index (χ0v) is 19.8. The summed E-state index contributed by atoms with van der Waals surface area (Å²) < 4.78 is 57.7. The van der Waals surface area contributed by atoms with Crippen molar-refractivity contribution in [2.45, 2.75) is 22.6 Å². The van der Waals surface area contributed by atoms with Crippen LogP contribution in [0.25, 0.3) is 0 Å². The predicted octanol–water partition coefficient (Wildman–Crippen LogP) is -1.74. The minimum atomic E-state index is -5.19. The molecule has 0 unspecified atom stereocenters. The van der Waals surface area contributed by atoms with Crippen molar-refractivity contribution < 1.29 is 51.6 Å². The van der Waals surface area contributed by atoms with Crippen LogP contribution in [0.3, 0.4) is 0 Å². The first-order chi connectivity index (χ1) is 17.3. The summed E-state index contributed by atoms with van der Waals surface area (Å²) in [5.41, 5.74) is -0.811. The minimum absolute atomic E-state index is 0.0323. The van der Waals surface area contributed by atoms with E-state index >= 15 is 0 Å². The molecular weight excluding hydrogens is 529 g/mol. The van der Waals surface area contributed by atoms with Gasteiger partial charge in [0.2, 0.25) is 15.0 Å². The van der Waals surface area contributed by atoms with Crippen molar-refractivity contribution in [1.29, 1.82) is 0 Å². The van der Waals surface area contributed by atoms with Gasteiger partial charge >= 0.3 is 6.18 Å². The highest BCUT2D eigenvalue weighted by Crippen LogP contribution is 2.34. The fraction of sp³-hybridized carbons (Fsp3) is 0.421. The van der Waals surface area contributed by atoms with Crippen LogP contribution in [-0.2, 0) is 14.6 Å². The molecule has 3 rings (SSSR count). The van der Waals surface area contributed by atoms with Crippen molar-refractivity contribution in [1.82, 2.24) is 14.9 Å². The SMILES string of the molecule is O=C([O-])C(F)(F)F.O=C(c1cc(S(=O)(=O)c2ncc[nH]2)c(NCCCO)cc1[N+](=O)[O-])N1CC[NH2+]CC1. The summed E-state index contributed by atoms with van der Waals surface area (Å²) in [5, 5.41) is 33.9. The Morgan fingerprint density at radius 2 is 1.89 bits per heavy atom. The number of benzene rings is 1. The number of sulfone groups is 1. The Morgan fingerprint density at radius 3 is 2.38 bits per heavy atom. The molecule has 1 saturated heterocycles. The summed E-state index contributed by atoms with van der Waals surface area (Å²) >= 11 is 0. The van der Waals surface area contributed by atoms with Gasteiger partial charge in [-0.2, -0.15) is 13.2 Å². The van der Waals surface area contributed by atoms with E-state index in [9.17, 15) is 36.5 Å². The van der Waals surface area contributed by atoms with Crippen molar-refractivity contribution in [2.75, 3.05) is 44.6 Å². The Balaban J connectivity index is 0.000000604. The second kappa shape index (κ2) is 12.5. The summed E-state index contributed by atoms with van der Waals surface area (Å²) in [7, 11) is -4.18. The van der Waals surface area contributed by atoms with Gasteiger partial charge in [0.25, 0.3) is 11.6 Å². The number of carbonyl (C=O) groups excluding carboxylic acids is 2. The molecule has 1 amide bonds. The number of aliphatic carboxylic acids is 1. The number of aliphatic hydroxyl groups excluding tert-OH is 1. The number of amides is 1. The number of anilines is 1. The van der Waals surface area contributed by atoms with Crippen LogP contribution in [0, 0.1) is 10.1 Å². The molecule has 2 aromatic rings. The van der Waals surface area contributed by atoms with Gasteiger partial charge in [-0.3, -0.25) is 14.9 Å². The monoisotopic (exact) mass is 552 g/mol. The fourth-order valence-electron chi connectivity index (χ4n) is 3.18. The molecule has 0 aliphatic carbocycles. The molecule has 1 aromatic heterocycles. The Kier molecular flexibility index (Phi) is 9.92. The molecule has 0 saturated carbocycles. The van der Waals surface area contributed by atoms with Crippen LogP contribution in [0.2, 0.25) is 0 Å². The van der Waals surface area contributed by atoms with Crippen molar-refractivity contribution in [3.05, 3.63) is 40.2 Å². The van der Waals surface area contributed by atoms with E-state index in [4.69, 9.17) is 15.0 Å². The molecule has 18 heteroatoms. The predicted molar refractivity (Wildman–Crippen MR) is 116 cm³/mol. The number of carboxylic acid groups (broad SMARTS) is 1. The number of halogens is 3. The van der Waals surface area contributed by atoms with E-state index < -0.39 is 38.5 Å². The quantitative estimate of drug-likeness (QED) is 0.165. The highest BCUT2D eigenvalue weighted by molar-refractivity contribution is 7.91. The van der Waals surface area contributed by atoms with Crippen LogP contribution in [0.4, 0.5) is 24.5 Å². The Hall–Kier alpha value is -3.77. The zero-order valence-electron chi connectivity index (χ0n) is 19.0. The largest absolute Gasteiger partial charge is 0.542 e. The summed E-state index contributed by atoms with van der Waals surface area (Å²) in [4.78, 5) is 40.2. The number of nitrogens with one attached hydrogen (secondary N) is 2. The number of carbonyl (C=O) groups is 2. The molecule has 0 atom stereocenters. The van der Waals surface area contributed by atoms with Gasteiger partial charge in [0.05, 0.1) is 41.7 Å². The topological polar surface area (TPSA) is 215 Å². The second-order valence-electron chi connectivity index (χ2n) is 7.47. The van der Waals surface area contributed by atoms with Crippen molar-refractivity contribution in [2.24, 2.45) is 0 Å². The summed E-state index contributed by atoms with van der Waals surface area (Å²) in [6, 6.07) is 2.09. The Labute approximate surface area is 207 Å². The van der Waals surface area contributed by atoms with Gasteiger partial charge in [-0.1, -0.05) is 0 Å². The smallest absolute Gasteiger partial charge is 0.430 e. The van der Waals surface area contributed by atoms with E-state index in [1.54, 1.807) is 0 Å². The van der Waals surface area contributed by atoms with Crippen LogP contribution in [-0.4, -0.2) is 90.7 Å².